The molecule has 1 aromatic heterocycles. The fourth-order valence-corrected chi connectivity index (χ4v) is 3.91. The third-order valence-corrected chi connectivity index (χ3v) is 5.73. The second-order valence-corrected chi connectivity index (χ2v) is 8.35. The van der Waals surface area contributed by atoms with E-state index in [1.165, 1.54) is 11.1 Å². The third kappa shape index (κ3) is 7.14. The van der Waals surface area contributed by atoms with Crippen molar-refractivity contribution in [2.45, 2.75) is 19.6 Å². The number of aryl methyl sites for hydroxylation is 1. The second-order valence-electron chi connectivity index (χ2n) is 7.91. The van der Waals surface area contributed by atoms with Crippen molar-refractivity contribution in [3.63, 3.8) is 0 Å². The molecule has 1 aromatic carbocycles. The Morgan fingerprint density at radius 1 is 1.10 bits per heavy atom. The minimum atomic E-state index is 0. The number of piperazine rings is 1. The number of aliphatic imine (C=N–C) groups is 1. The Morgan fingerprint density at radius 3 is 2.30 bits per heavy atom. The number of rotatable bonds is 6. The normalized spacial score (nSPS) is 15.7. The minimum absolute atomic E-state index is 0. The minimum Gasteiger partial charge on any atom is -0.352 e. The molecule has 0 aliphatic carbocycles. The summed E-state index contributed by atoms with van der Waals surface area (Å²) in [5.74, 6) is 0.865. The van der Waals surface area contributed by atoms with E-state index in [9.17, 15) is 0 Å². The van der Waals surface area contributed by atoms with Crippen molar-refractivity contribution in [1.29, 1.82) is 0 Å². The maximum Gasteiger partial charge on any atom is 0.194 e. The van der Waals surface area contributed by atoms with Gasteiger partial charge in [0.1, 0.15) is 0 Å². The van der Waals surface area contributed by atoms with E-state index in [0.717, 1.165) is 62.5 Å². The number of benzene rings is 1. The monoisotopic (exact) mass is 544 g/mol. The van der Waals surface area contributed by atoms with E-state index in [4.69, 9.17) is 11.6 Å². The van der Waals surface area contributed by atoms with Gasteiger partial charge in [-0.2, -0.15) is 0 Å². The Hall–Kier alpha value is -1.29. The van der Waals surface area contributed by atoms with Crippen molar-refractivity contribution in [3.8, 4) is 0 Å². The van der Waals surface area contributed by atoms with Gasteiger partial charge in [-0.3, -0.25) is 9.89 Å². The lowest BCUT2D eigenvalue weighted by molar-refractivity contribution is 0.148. The standard InChI is InChI=1S/C22H33ClN6.HI/c1-24-22(28(4)17-21-13-20(23)16-27(21)3)25-14-18-5-7-19(8-6-18)15-29-11-9-26(2)10-12-29;/h5-8,13,16H,9-12,14-15,17H2,1-4H3,(H,24,25);1H. The Kier molecular flexibility index (Phi) is 9.93. The van der Waals surface area contributed by atoms with Crippen LogP contribution in [0.4, 0.5) is 0 Å². The van der Waals surface area contributed by atoms with Crippen molar-refractivity contribution in [3.05, 3.63) is 58.4 Å². The topological polar surface area (TPSA) is 39.0 Å². The number of nitrogens with one attached hydrogen (secondary N) is 1. The molecule has 1 saturated heterocycles. The fourth-order valence-electron chi connectivity index (χ4n) is 3.63. The summed E-state index contributed by atoms with van der Waals surface area (Å²) in [4.78, 5) is 11.4. The van der Waals surface area contributed by atoms with Gasteiger partial charge < -0.3 is 19.7 Å². The van der Waals surface area contributed by atoms with Crippen LogP contribution >= 0.6 is 35.6 Å². The summed E-state index contributed by atoms with van der Waals surface area (Å²) in [7, 11) is 8.06. The summed E-state index contributed by atoms with van der Waals surface area (Å²) in [6, 6.07) is 10.9. The molecule has 0 bridgehead atoms. The van der Waals surface area contributed by atoms with Crippen LogP contribution in [0.3, 0.4) is 0 Å². The van der Waals surface area contributed by atoms with Gasteiger partial charge in [0.05, 0.1) is 11.6 Å². The second kappa shape index (κ2) is 11.9. The predicted molar refractivity (Wildman–Crippen MR) is 137 cm³/mol. The molecular weight excluding hydrogens is 511 g/mol. The third-order valence-electron chi connectivity index (χ3n) is 5.52. The van der Waals surface area contributed by atoms with Gasteiger partial charge in [-0.15, -0.1) is 24.0 Å². The number of hydrogen-bond acceptors (Lipinski definition) is 3. The summed E-state index contributed by atoms with van der Waals surface area (Å²) in [5, 5.41) is 4.22. The molecule has 0 atom stereocenters. The van der Waals surface area contributed by atoms with Crippen LogP contribution in [0, 0.1) is 0 Å². The van der Waals surface area contributed by atoms with Crippen molar-refractivity contribution >= 4 is 41.5 Å². The smallest absolute Gasteiger partial charge is 0.194 e. The van der Waals surface area contributed by atoms with E-state index < -0.39 is 0 Å². The molecule has 2 aromatic rings. The van der Waals surface area contributed by atoms with Gasteiger partial charge in [0.15, 0.2) is 5.96 Å². The molecule has 8 heteroatoms. The first-order chi connectivity index (χ1) is 13.9. The van der Waals surface area contributed by atoms with Gasteiger partial charge in [0.25, 0.3) is 0 Å². The van der Waals surface area contributed by atoms with Crippen molar-refractivity contribution in [2.75, 3.05) is 47.3 Å². The van der Waals surface area contributed by atoms with E-state index in [1.54, 1.807) is 0 Å². The number of guanidine groups is 1. The molecule has 1 fully saturated rings. The number of hydrogen-bond donors (Lipinski definition) is 1. The first kappa shape index (κ1) is 25.0. The Bertz CT molecular complexity index is 812. The SMILES string of the molecule is CN=C(NCc1ccc(CN2CCN(C)CC2)cc1)N(C)Cc1cc(Cl)cn1C.I. The maximum absolute atomic E-state index is 6.09. The molecule has 1 aliphatic heterocycles. The van der Waals surface area contributed by atoms with Gasteiger partial charge >= 0.3 is 0 Å². The van der Waals surface area contributed by atoms with E-state index >= 15 is 0 Å². The molecule has 3 rings (SSSR count). The Balaban J connectivity index is 0.00000320. The van der Waals surface area contributed by atoms with Gasteiger partial charge in [-0.25, -0.2) is 0 Å². The summed E-state index contributed by atoms with van der Waals surface area (Å²) in [6.45, 7) is 7.13. The van der Waals surface area contributed by atoms with Crippen LogP contribution in [0.5, 0.6) is 0 Å². The summed E-state index contributed by atoms with van der Waals surface area (Å²) < 4.78 is 2.05. The van der Waals surface area contributed by atoms with Crippen LogP contribution in [0.2, 0.25) is 5.02 Å². The van der Waals surface area contributed by atoms with Gasteiger partial charge in [0.2, 0.25) is 0 Å². The predicted octanol–water partition coefficient (Wildman–Crippen LogP) is 3.25. The molecule has 0 unspecified atom stereocenters. The van der Waals surface area contributed by atoms with Crippen molar-refractivity contribution in [2.24, 2.45) is 12.0 Å². The van der Waals surface area contributed by atoms with E-state index in [0.29, 0.717) is 0 Å². The van der Waals surface area contributed by atoms with Gasteiger partial charge in [0, 0.05) is 72.3 Å². The molecule has 0 spiro atoms. The van der Waals surface area contributed by atoms with Crippen LogP contribution in [0.15, 0.2) is 41.5 Å². The highest BCUT2D eigenvalue weighted by molar-refractivity contribution is 14.0. The van der Waals surface area contributed by atoms with E-state index in [-0.39, 0.29) is 24.0 Å². The highest BCUT2D eigenvalue weighted by Gasteiger charge is 2.14. The zero-order chi connectivity index (χ0) is 20.8. The number of nitrogens with zero attached hydrogens (tertiary/aromatic N) is 5. The van der Waals surface area contributed by atoms with Crippen LogP contribution in [-0.4, -0.2) is 72.5 Å². The van der Waals surface area contributed by atoms with Crippen LogP contribution in [0.25, 0.3) is 0 Å². The van der Waals surface area contributed by atoms with Gasteiger partial charge in [-0.05, 0) is 24.2 Å². The first-order valence-corrected chi connectivity index (χ1v) is 10.5. The molecule has 1 aliphatic rings. The largest absolute Gasteiger partial charge is 0.352 e. The van der Waals surface area contributed by atoms with Crippen LogP contribution in [0.1, 0.15) is 16.8 Å². The average Bonchev–Trinajstić information content (AvgIpc) is 3.02. The van der Waals surface area contributed by atoms with Crippen LogP contribution in [-0.2, 0) is 26.7 Å². The van der Waals surface area contributed by atoms with Gasteiger partial charge in [-0.1, -0.05) is 35.9 Å². The van der Waals surface area contributed by atoms with E-state index in [2.05, 4.69) is 56.3 Å². The van der Waals surface area contributed by atoms with Crippen molar-refractivity contribution in [1.82, 2.24) is 24.6 Å². The zero-order valence-corrected chi connectivity index (χ0v) is 21.5. The van der Waals surface area contributed by atoms with E-state index in [1.807, 2.05) is 38.0 Å². The first-order valence-electron chi connectivity index (χ1n) is 10.2. The lowest BCUT2D eigenvalue weighted by atomic mass is 10.1. The number of likely N-dealkylation sites (N-methyl/N-ethyl adjacent to an activating group) is 1. The summed E-state index contributed by atoms with van der Waals surface area (Å²) >= 11 is 6.09. The maximum atomic E-state index is 6.09. The highest BCUT2D eigenvalue weighted by atomic mass is 127. The number of halogens is 2. The molecule has 0 saturated carbocycles. The average molecular weight is 545 g/mol. The summed E-state index contributed by atoms with van der Waals surface area (Å²) in [6.07, 6.45) is 1.92. The Labute approximate surface area is 202 Å². The lowest BCUT2D eigenvalue weighted by Crippen LogP contribution is -2.43. The Morgan fingerprint density at radius 2 is 1.73 bits per heavy atom. The molecule has 2 heterocycles. The zero-order valence-electron chi connectivity index (χ0n) is 18.4. The molecule has 0 amide bonds. The van der Waals surface area contributed by atoms with Crippen LogP contribution < -0.4 is 5.32 Å². The molecule has 6 nitrogen and oxygen atoms in total. The molecule has 1 N–H and O–H groups in total. The molecular formula is C22H34ClIN6. The highest BCUT2D eigenvalue weighted by Crippen LogP contribution is 2.14. The molecule has 30 heavy (non-hydrogen) atoms. The molecule has 166 valence electrons. The lowest BCUT2D eigenvalue weighted by Gasteiger charge is -2.32. The fraction of sp³-hybridized carbons (Fsp3) is 0.500. The summed E-state index contributed by atoms with van der Waals surface area (Å²) in [5.41, 5.74) is 3.78. The van der Waals surface area contributed by atoms with Crippen molar-refractivity contribution < 1.29 is 0 Å². The quantitative estimate of drug-likeness (QED) is 0.344. The molecule has 0 radical (unpaired) electrons. The number of aromatic nitrogens is 1.